The summed E-state index contributed by atoms with van der Waals surface area (Å²) in [5, 5.41) is 0. The highest BCUT2D eigenvalue weighted by Crippen LogP contribution is 2.29. The Balaban J connectivity index is 1.21. The van der Waals surface area contributed by atoms with Crippen LogP contribution in [0.1, 0.15) is 29.2 Å². The number of piperazine rings is 1. The molecule has 1 saturated heterocycles. The largest absolute Gasteiger partial charge is 0.301 e. The summed E-state index contributed by atoms with van der Waals surface area (Å²) in [6, 6.07) is 40.4. The average Bonchev–Trinajstić information content (AvgIpc) is 3.00. The molecule has 1 fully saturated rings. The molecule has 39 heavy (non-hydrogen) atoms. The molecule has 0 saturated carbocycles. The Morgan fingerprint density at radius 2 is 1.13 bits per heavy atom. The molecule has 6 heteroatoms. The smallest absolute Gasteiger partial charge is 0.243 e. The van der Waals surface area contributed by atoms with E-state index in [2.05, 4.69) is 70.5 Å². The third kappa shape index (κ3) is 7.02. The topological polar surface area (TPSA) is 43.9 Å². The van der Waals surface area contributed by atoms with E-state index in [1.54, 1.807) is 28.6 Å². The number of sulfonamides is 1. The van der Waals surface area contributed by atoms with Gasteiger partial charge in [0.2, 0.25) is 10.0 Å². The maximum absolute atomic E-state index is 13.5. The number of rotatable bonds is 11. The Kier molecular flexibility index (Phi) is 9.22. The summed E-state index contributed by atoms with van der Waals surface area (Å²) in [4.78, 5) is 5.39. The molecule has 0 spiro atoms. The Morgan fingerprint density at radius 1 is 0.641 bits per heavy atom. The number of hydrogen-bond donors (Lipinski definition) is 0. The fourth-order valence-electron chi connectivity index (χ4n) is 5.41. The van der Waals surface area contributed by atoms with E-state index in [-0.39, 0.29) is 6.04 Å². The SMILES string of the molecule is O=S(=O)(c1ccccc1)N(CCCN1CCN(C(c2ccccc2)c2ccccc2)CC1)Cc1ccccc1. The fraction of sp³-hybridized carbons (Fsp3) is 0.273. The van der Waals surface area contributed by atoms with Crippen LogP contribution in [0.4, 0.5) is 0 Å². The second-order valence-electron chi connectivity index (χ2n) is 10.1. The summed E-state index contributed by atoms with van der Waals surface area (Å²) in [6.07, 6.45) is 0.791. The zero-order valence-corrected chi connectivity index (χ0v) is 23.2. The lowest BCUT2D eigenvalue weighted by Crippen LogP contribution is -2.48. The maximum atomic E-state index is 13.5. The predicted molar refractivity (Wildman–Crippen MR) is 158 cm³/mol. The quantitative estimate of drug-likeness (QED) is 0.246. The second-order valence-corrected chi connectivity index (χ2v) is 12.0. The molecule has 0 atom stereocenters. The van der Waals surface area contributed by atoms with E-state index in [4.69, 9.17) is 0 Å². The molecule has 0 amide bonds. The van der Waals surface area contributed by atoms with Gasteiger partial charge in [-0.2, -0.15) is 4.31 Å². The lowest BCUT2D eigenvalue weighted by molar-refractivity contribution is 0.107. The van der Waals surface area contributed by atoms with Gasteiger partial charge in [0.1, 0.15) is 0 Å². The van der Waals surface area contributed by atoms with Crippen LogP contribution in [0.2, 0.25) is 0 Å². The first-order valence-electron chi connectivity index (χ1n) is 13.8. The highest BCUT2D eigenvalue weighted by Gasteiger charge is 2.27. The Hall–Kier alpha value is -3.29. The molecular weight excluding hydrogens is 502 g/mol. The number of nitrogens with zero attached hydrogens (tertiary/aromatic N) is 3. The zero-order chi connectivity index (χ0) is 26.9. The molecule has 1 heterocycles. The summed E-state index contributed by atoms with van der Waals surface area (Å²) in [5.74, 6) is 0. The molecule has 4 aromatic carbocycles. The molecule has 0 unspecified atom stereocenters. The number of benzene rings is 4. The van der Waals surface area contributed by atoms with E-state index in [0.29, 0.717) is 18.0 Å². The van der Waals surface area contributed by atoms with E-state index in [0.717, 1.165) is 44.7 Å². The van der Waals surface area contributed by atoms with Crippen LogP contribution in [0, 0.1) is 0 Å². The van der Waals surface area contributed by atoms with Gasteiger partial charge < -0.3 is 4.90 Å². The van der Waals surface area contributed by atoms with Crippen molar-refractivity contribution >= 4 is 10.0 Å². The fourth-order valence-corrected chi connectivity index (χ4v) is 6.90. The lowest BCUT2D eigenvalue weighted by atomic mass is 9.96. The van der Waals surface area contributed by atoms with E-state index in [9.17, 15) is 8.42 Å². The van der Waals surface area contributed by atoms with Gasteiger partial charge in [-0.3, -0.25) is 4.90 Å². The van der Waals surface area contributed by atoms with Crippen LogP contribution in [0.25, 0.3) is 0 Å². The summed E-state index contributed by atoms with van der Waals surface area (Å²) in [5.41, 5.74) is 3.64. The van der Waals surface area contributed by atoms with Crippen molar-refractivity contribution in [2.45, 2.75) is 23.9 Å². The van der Waals surface area contributed by atoms with Crippen LogP contribution < -0.4 is 0 Å². The van der Waals surface area contributed by atoms with Crippen molar-refractivity contribution < 1.29 is 8.42 Å². The molecule has 0 radical (unpaired) electrons. The van der Waals surface area contributed by atoms with Gasteiger partial charge in [-0.25, -0.2) is 8.42 Å². The first-order valence-corrected chi connectivity index (χ1v) is 15.2. The van der Waals surface area contributed by atoms with Gasteiger partial charge in [0.15, 0.2) is 0 Å². The minimum atomic E-state index is -3.58. The van der Waals surface area contributed by atoms with E-state index in [1.165, 1.54) is 11.1 Å². The molecule has 0 bridgehead atoms. The molecule has 1 aliphatic heterocycles. The van der Waals surface area contributed by atoms with Crippen molar-refractivity contribution in [1.29, 1.82) is 0 Å². The van der Waals surface area contributed by atoms with E-state index in [1.807, 2.05) is 36.4 Å². The Morgan fingerprint density at radius 3 is 1.67 bits per heavy atom. The predicted octanol–water partition coefficient (Wildman–Crippen LogP) is 5.67. The van der Waals surface area contributed by atoms with Crippen LogP contribution in [0.3, 0.4) is 0 Å². The summed E-state index contributed by atoms with van der Waals surface area (Å²) in [6.45, 7) is 5.64. The van der Waals surface area contributed by atoms with Gasteiger partial charge in [-0.05, 0) is 41.8 Å². The van der Waals surface area contributed by atoms with E-state index >= 15 is 0 Å². The first-order chi connectivity index (χ1) is 19.1. The molecule has 0 N–H and O–H groups in total. The normalized spacial score (nSPS) is 15.1. The minimum Gasteiger partial charge on any atom is -0.301 e. The molecular formula is C33H37N3O2S. The molecule has 4 aromatic rings. The molecule has 5 nitrogen and oxygen atoms in total. The van der Waals surface area contributed by atoms with Crippen LogP contribution in [0.15, 0.2) is 126 Å². The zero-order valence-electron chi connectivity index (χ0n) is 22.3. The number of hydrogen-bond acceptors (Lipinski definition) is 4. The Labute approximate surface area is 233 Å². The molecule has 1 aliphatic rings. The highest BCUT2D eigenvalue weighted by molar-refractivity contribution is 7.89. The van der Waals surface area contributed by atoms with Crippen molar-refractivity contribution in [2.24, 2.45) is 0 Å². The van der Waals surface area contributed by atoms with Crippen LogP contribution in [-0.4, -0.2) is 61.8 Å². The standard InChI is InChI=1S/C33H37N3O2S/c37-39(38,32-20-11-4-12-21-32)36(28-29-14-5-1-6-15-29)23-13-22-34-24-26-35(27-25-34)33(30-16-7-2-8-17-30)31-18-9-3-10-19-31/h1-12,14-21,33H,13,22-28H2. The average molecular weight is 540 g/mol. The molecule has 0 aliphatic carbocycles. The summed E-state index contributed by atoms with van der Waals surface area (Å²) < 4.78 is 28.7. The van der Waals surface area contributed by atoms with Gasteiger partial charge >= 0.3 is 0 Å². The van der Waals surface area contributed by atoms with Gasteiger partial charge in [-0.15, -0.1) is 0 Å². The second kappa shape index (κ2) is 13.2. The van der Waals surface area contributed by atoms with Crippen molar-refractivity contribution in [3.8, 4) is 0 Å². The molecule has 0 aromatic heterocycles. The van der Waals surface area contributed by atoms with Crippen molar-refractivity contribution in [3.05, 3.63) is 138 Å². The monoisotopic (exact) mass is 539 g/mol. The van der Waals surface area contributed by atoms with Crippen LogP contribution in [0.5, 0.6) is 0 Å². The van der Waals surface area contributed by atoms with Crippen molar-refractivity contribution in [2.75, 3.05) is 39.3 Å². The van der Waals surface area contributed by atoms with Crippen LogP contribution >= 0.6 is 0 Å². The first kappa shape index (κ1) is 27.3. The van der Waals surface area contributed by atoms with Gasteiger partial charge in [0.05, 0.1) is 10.9 Å². The van der Waals surface area contributed by atoms with Gasteiger partial charge in [0, 0.05) is 39.3 Å². The third-order valence-corrected chi connectivity index (χ3v) is 9.33. The molecule has 202 valence electrons. The third-order valence-electron chi connectivity index (χ3n) is 7.47. The van der Waals surface area contributed by atoms with Crippen LogP contribution in [-0.2, 0) is 16.6 Å². The maximum Gasteiger partial charge on any atom is 0.243 e. The Bertz CT molecular complexity index is 1340. The highest BCUT2D eigenvalue weighted by atomic mass is 32.2. The lowest BCUT2D eigenvalue weighted by Gasteiger charge is -2.40. The van der Waals surface area contributed by atoms with E-state index < -0.39 is 10.0 Å². The minimum absolute atomic E-state index is 0.243. The van der Waals surface area contributed by atoms with Gasteiger partial charge in [0.25, 0.3) is 0 Å². The van der Waals surface area contributed by atoms with Crippen molar-refractivity contribution in [1.82, 2.24) is 14.1 Å². The van der Waals surface area contributed by atoms with Crippen molar-refractivity contribution in [3.63, 3.8) is 0 Å². The summed E-state index contributed by atoms with van der Waals surface area (Å²) >= 11 is 0. The van der Waals surface area contributed by atoms with Gasteiger partial charge in [-0.1, -0.05) is 109 Å². The molecule has 5 rings (SSSR count). The summed E-state index contributed by atoms with van der Waals surface area (Å²) in [7, 11) is -3.58.